The van der Waals surface area contributed by atoms with Gasteiger partial charge in [0.2, 0.25) is 5.89 Å². The molecule has 4 aromatic rings. The van der Waals surface area contributed by atoms with Crippen LogP contribution >= 0.6 is 0 Å². The summed E-state index contributed by atoms with van der Waals surface area (Å²) in [7, 11) is 1.58. The number of nitrogens with one attached hydrogen (secondary N) is 1. The fraction of sp³-hybridized carbons (Fsp3) is 0.0909. The van der Waals surface area contributed by atoms with Gasteiger partial charge in [0.05, 0.1) is 17.6 Å². The highest BCUT2D eigenvalue weighted by Gasteiger charge is 2.16. The first-order valence-corrected chi connectivity index (χ1v) is 9.06. The SMILES string of the molecule is COc1ccccc1-c1nc2cc(NC(=O)c3ccc([N+](=O)[O-])c(C)c3)ccc2o1. The van der Waals surface area contributed by atoms with Crippen molar-refractivity contribution in [3.63, 3.8) is 0 Å². The van der Waals surface area contributed by atoms with Gasteiger partial charge in [-0.1, -0.05) is 12.1 Å². The predicted molar refractivity (Wildman–Crippen MR) is 112 cm³/mol. The van der Waals surface area contributed by atoms with Gasteiger partial charge in [0.15, 0.2) is 5.58 Å². The highest BCUT2D eigenvalue weighted by Crippen LogP contribution is 2.32. The average Bonchev–Trinajstić information content (AvgIpc) is 3.16. The van der Waals surface area contributed by atoms with E-state index in [0.717, 1.165) is 5.56 Å². The number of hydrogen-bond donors (Lipinski definition) is 1. The molecule has 0 fully saturated rings. The number of carbonyl (C=O) groups excluding carboxylic acids is 1. The van der Waals surface area contributed by atoms with E-state index in [1.807, 2.05) is 24.3 Å². The number of methoxy groups -OCH3 is 1. The molecule has 3 aromatic carbocycles. The van der Waals surface area contributed by atoms with Gasteiger partial charge in [-0.25, -0.2) is 4.98 Å². The van der Waals surface area contributed by atoms with Crippen LogP contribution < -0.4 is 10.1 Å². The quantitative estimate of drug-likeness (QED) is 0.372. The minimum absolute atomic E-state index is 0.0283. The first kappa shape index (κ1) is 19.1. The monoisotopic (exact) mass is 403 g/mol. The molecule has 0 aliphatic heterocycles. The van der Waals surface area contributed by atoms with Gasteiger partial charge in [-0.3, -0.25) is 14.9 Å². The molecule has 30 heavy (non-hydrogen) atoms. The number of aromatic nitrogens is 1. The summed E-state index contributed by atoms with van der Waals surface area (Å²) in [5.74, 6) is 0.684. The number of benzene rings is 3. The number of oxazole rings is 1. The van der Waals surface area contributed by atoms with Crippen molar-refractivity contribution < 1.29 is 18.9 Å². The van der Waals surface area contributed by atoms with Crippen molar-refractivity contribution in [2.45, 2.75) is 6.92 Å². The van der Waals surface area contributed by atoms with Crippen LogP contribution in [0.3, 0.4) is 0 Å². The molecule has 1 heterocycles. The Morgan fingerprint density at radius 1 is 1.13 bits per heavy atom. The Hall–Kier alpha value is -4.20. The number of para-hydroxylation sites is 1. The van der Waals surface area contributed by atoms with Crippen LogP contribution in [0.15, 0.2) is 65.1 Å². The second kappa shape index (κ2) is 7.67. The van der Waals surface area contributed by atoms with Crippen molar-refractivity contribution in [1.29, 1.82) is 0 Å². The first-order chi connectivity index (χ1) is 14.5. The number of aryl methyl sites for hydroxylation is 1. The summed E-state index contributed by atoms with van der Waals surface area (Å²) in [5.41, 5.74) is 3.12. The number of amides is 1. The number of ether oxygens (including phenoxy) is 1. The highest BCUT2D eigenvalue weighted by molar-refractivity contribution is 6.05. The van der Waals surface area contributed by atoms with Gasteiger partial charge in [0.1, 0.15) is 11.3 Å². The first-order valence-electron chi connectivity index (χ1n) is 9.06. The van der Waals surface area contributed by atoms with Crippen molar-refractivity contribution in [3.8, 4) is 17.2 Å². The molecule has 0 spiro atoms. The Morgan fingerprint density at radius 3 is 2.67 bits per heavy atom. The van der Waals surface area contributed by atoms with Crippen molar-refractivity contribution in [2.24, 2.45) is 0 Å². The predicted octanol–water partition coefficient (Wildman–Crippen LogP) is 4.97. The van der Waals surface area contributed by atoms with E-state index < -0.39 is 4.92 Å². The minimum atomic E-state index is -0.477. The maximum atomic E-state index is 12.6. The van der Waals surface area contributed by atoms with E-state index in [9.17, 15) is 14.9 Å². The van der Waals surface area contributed by atoms with Crippen LogP contribution in [0.4, 0.5) is 11.4 Å². The molecule has 1 aromatic heterocycles. The minimum Gasteiger partial charge on any atom is -0.496 e. The Bertz CT molecular complexity index is 1280. The Balaban J connectivity index is 1.60. The van der Waals surface area contributed by atoms with E-state index in [-0.39, 0.29) is 11.6 Å². The molecule has 8 heteroatoms. The van der Waals surface area contributed by atoms with E-state index in [4.69, 9.17) is 9.15 Å². The highest BCUT2D eigenvalue weighted by atomic mass is 16.6. The second-order valence-electron chi connectivity index (χ2n) is 6.61. The Morgan fingerprint density at radius 2 is 1.93 bits per heavy atom. The lowest BCUT2D eigenvalue weighted by Crippen LogP contribution is -2.12. The molecule has 1 N–H and O–H groups in total. The lowest BCUT2D eigenvalue weighted by Gasteiger charge is -2.06. The van der Waals surface area contributed by atoms with E-state index in [2.05, 4.69) is 10.3 Å². The summed E-state index contributed by atoms with van der Waals surface area (Å²) in [6.45, 7) is 1.59. The number of carbonyl (C=O) groups is 1. The normalized spacial score (nSPS) is 10.7. The van der Waals surface area contributed by atoms with Crippen LogP contribution in [-0.4, -0.2) is 22.9 Å². The number of nitrogens with zero attached hydrogens (tertiary/aromatic N) is 2. The van der Waals surface area contributed by atoms with Crippen molar-refractivity contribution in [1.82, 2.24) is 4.98 Å². The third kappa shape index (κ3) is 3.58. The number of nitro groups is 1. The van der Waals surface area contributed by atoms with Crippen molar-refractivity contribution in [3.05, 3.63) is 81.9 Å². The van der Waals surface area contributed by atoms with Crippen LogP contribution in [0.1, 0.15) is 15.9 Å². The molecule has 1 amide bonds. The maximum absolute atomic E-state index is 12.6. The number of hydrogen-bond acceptors (Lipinski definition) is 6. The molecular weight excluding hydrogens is 386 g/mol. The standard InChI is InChI=1S/C22H17N3O5/c1-13-11-14(7-9-18(13)25(27)28)21(26)23-15-8-10-20-17(12-15)24-22(30-20)16-5-3-4-6-19(16)29-2/h3-12H,1-2H3,(H,23,26). The topological polar surface area (TPSA) is 108 Å². The Kier molecular flexibility index (Phi) is 4.89. The molecule has 0 unspecified atom stereocenters. The maximum Gasteiger partial charge on any atom is 0.272 e. The Labute approximate surface area is 171 Å². The summed E-state index contributed by atoms with van der Waals surface area (Å²) < 4.78 is 11.2. The van der Waals surface area contributed by atoms with Gasteiger partial charge in [-0.2, -0.15) is 0 Å². The average molecular weight is 403 g/mol. The molecule has 0 saturated heterocycles. The molecule has 150 valence electrons. The molecule has 8 nitrogen and oxygen atoms in total. The number of anilines is 1. The zero-order chi connectivity index (χ0) is 21.3. The van der Waals surface area contributed by atoms with Gasteiger partial charge in [0.25, 0.3) is 11.6 Å². The third-order valence-corrected chi connectivity index (χ3v) is 4.64. The van der Waals surface area contributed by atoms with Gasteiger partial charge in [-0.15, -0.1) is 0 Å². The number of nitro benzene ring substituents is 1. The summed E-state index contributed by atoms with van der Waals surface area (Å²) in [6, 6.07) is 16.8. The lowest BCUT2D eigenvalue weighted by atomic mass is 10.1. The van der Waals surface area contributed by atoms with Crippen LogP contribution in [0.2, 0.25) is 0 Å². The largest absolute Gasteiger partial charge is 0.496 e. The number of fused-ring (bicyclic) bond motifs is 1. The fourth-order valence-electron chi connectivity index (χ4n) is 3.15. The molecule has 0 atom stereocenters. The zero-order valence-electron chi connectivity index (χ0n) is 16.2. The van der Waals surface area contributed by atoms with Crippen LogP contribution in [0, 0.1) is 17.0 Å². The number of rotatable bonds is 5. The van der Waals surface area contributed by atoms with Gasteiger partial charge in [-0.05, 0) is 49.4 Å². The second-order valence-corrected chi connectivity index (χ2v) is 6.61. The van der Waals surface area contributed by atoms with Crippen molar-refractivity contribution >= 4 is 28.4 Å². The summed E-state index contributed by atoms with van der Waals surface area (Å²) in [6.07, 6.45) is 0. The molecule has 0 saturated carbocycles. The molecule has 0 aliphatic rings. The molecule has 0 aliphatic carbocycles. The lowest BCUT2D eigenvalue weighted by molar-refractivity contribution is -0.385. The smallest absolute Gasteiger partial charge is 0.272 e. The van der Waals surface area contributed by atoms with E-state index in [0.29, 0.717) is 39.6 Å². The van der Waals surface area contributed by atoms with E-state index in [1.54, 1.807) is 32.2 Å². The molecule has 0 bridgehead atoms. The summed E-state index contributed by atoms with van der Waals surface area (Å²) >= 11 is 0. The van der Waals surface area contributed by atoms with E-state index in [1.165, 1.54) is 18.2 Å². The van der Waals surface area contributed by atoms with Gasteiger partial charge < -0.3 is 14.5 Å². The van der Waals surface area contributed by atoms with E-state index >= 15 is 0 Å². The van der Waals surface area contributed by atoms with Gasteiger partial charge in [0, 0.05) is 22.9 Å². The summed E-state index contributed by atoms with van der Waals surface area (Å²) in [5, 5.41) is 13.7. The third-order valence-electron chi connectivity index (χ3n) is 4.64. The van der Waals surface area contributed by atoms with Crippen LogP contribution in [0.5, 0.6) is 5.75 Å². The van der Waals surface area contributed by atoms with Crippen LogP contribution in [0.25, 0.3) is 22.6 Å². The summed E-state index contributed by atoms with van der Waals surface area (Å²) in [4.78, 5) is 27.5. The molecule has 4 rings (SSSR count). The zero-order valence-corrected chi connectivity index (χ0v) is 16.2. The van der Waals surface area contributed by atoms with Crippen molar-refractivity contribution in [2.75, 3.05) is 12.4 Å². The molecule has 0 radical (unpaired) electrons. The van der Waals surface area contributed by atoms with Crippen LogP contribution in [-0.2, 0) is 0 Å². The molecular formula is C22H17N3O5. The van der Waals surface area contributed by atoms with Gasteiger partial charge >= 0.3 is 0 Å². The fourth-order valence-corrected chi connectivity index (χ4v) is 3.15.